The minimum Gasteiger partial charge on any atom is -0.310 e. The minimum atomic E-state index is -0.749. The molecule has 0 aromatic heterocycles. The molecule has 0 aliphatic heterocycles. The van der Waals surface area contributed by atoms with E-state index in [-0.39, 0.29) is 6.04 Å². The number of hydrogen-bond donors (Lipinski definition) is 1. The van der Waals surface area contributed by atoms with Gasteiger partial charge in [0.15, 0.2) is 11.6 Å². The van der Waals surface area contributed by atoms with E-state index in [9.17, 15) is 8.78 Å². The van der Waals surface area contributed by atoms with Gasteiger partial charge in [-0.3, -0.25) is 0 Å². The molecule has 3 heteroatoms. The molecule has 1 atom stereocenters. The van der Waals surface area contributed by atoms with Gasteiger partial charge in [-0.1, -0.05) is 32.9 Å². The Balaban J connectivity index is 2.21. The average molecular weight is 281 g/mol. The second-order valence-electron chi connectivity index (χ2n) is 6.68. The molecule has 1 fully saturated rings. The highest BCUT2D eigenvalue weighted by Crippen LogP contribution is 2.43. The normalized spacial score (nSPS) is 20.9. The lowest BCUT2D eigenvalue weighted by Gasteiger charge is -2.38. The summed E-state index contributed by atoms with van der Waals surface area (Å²) in [4.78, 5) is 0. The SMILES string of the molecule is CCNC(c1cccc(F)c1F)C1CCC(C)(C)CC1. The molecule has 2 rings (SSSR count). The molecule has 20 heavy (non-hydrogen) atoms. The summed E-state index contributed by atoms with van der Waals surface area (Å²) < 4.78 is 27.5. The molecular formula is C17H25F2N. The van der Waals surface area contributed by atoms with E-state index in [1.165, 1.54) is 6.07 Å². The van der Waals surface area contributed by atoms with Crippen LogP contribution in [0.4, 0.5) is 8.78 Å². The molecule has 112 valence electrons. The summed E-state index contributed by atoms with van der Waals surface area (Å²) in [5.41, 5.74) is 0.866. The fourth-order valence-electron chi connectivity index (χ4n) is 3.27. The van der Waals surface area contributed by atoms with Crippen LogP contribution in [-0.2, 0) is 0 Å². The second-order valence-corrected chi connectivity index (χ2v) is 6.68. The molecule has 0 heterocycles. The van der Waals surface area contributed by atoms with Gasteiger partial charge >= 0.3 is 0 Å². The van der Waals surface area contributed by atoms with Gasteiger partial charge in [0.1, 0.15) is 0 Å². The van der Waals surface area contributed by atoms with Crippen molar-refractivity contribution in [3.63, 3.8) is 0 Å². The molecule has 1 aromatic carbocycles. The van der Waals surface area contributed by atoms with Gasteiger partial charge in [-0.15, -0.1) is 0 Å². The molecule has 1 aromatic rings. The maximum atomic E-state index is 14.1. The van der Waals surface area contributed by atoms with Crippen molar-refractivity contribution in [1.29, 1.82) is 0 Å². The lowest BCUT2D eigenvalue weighted by atomic mass is 9.70. The molecule has 1 saturated carbocycles. The van der Waals surface area contributed by atoms with Crippen molar-refractivity contribution >= 4 is 0 Å². The Morgan fingerprint density at radius 1 is 1.25 bits per heavy atom. The first-order valence-electron chi connectivity index (χ1n) is 7.62. The molecule has 0 spiro atoms. The standard InChI is InChI=1S/C17H25F2N/c1-4-20-16(12-8-10-17(2,3)11-9-12)13-6-5-7-14(18)15(13)19/h5-7,12,16,20H,4,8-11H2,1-3H3. The summed E-state index contributed by atoms with van der Waals surface area (Å²) >= 11 is 0. The van der Waals surface area contributed by atoms with Gasteiger partial charge in [-0.05, 0) is 49.6 Å². The Hall–Kier alpha value is -0.960. The smallest absolute Gasteiger partial charge is 0.163 e. The van der Waals surface area contributed by atoms with E-state index in [1.807, 2.05) is 6.92 Å². The maximum Gasteiger partial charge on any atom is 0.163 e. The molecule has 1 N–H and O–H groups in total. The van der Waals surface area contributed by atoms with Crippen LogP contribution in [-0.4, -0.2) is 6.54 Å². The van der Waals surface area contributed by atoms with Gasteiger partial charge < -0.3 is 5.32 Å². The van der Waals surface area contributed by atoms with Crippen LogP contribution in [0.15, 0.2) is 18.2 Å². The van der Waals surface area contributed by atoms with Gasteiger partial charge in [0, 0.05) is 11.6 Å². The number of nitrogens with one attached hydrogen (secondary N) is 1. The van der Waals surface area contributed by atoms with Crippen LogP contribution in [0, 0.1) is 23.0 Å². The van der Waals surface area contributed by atoms with Crippen LogP contribution in [0.3, 0.4) is 0 Å². The molecule has 0 bridgehead atoms. The molecule has 0 amide bonds. The zero-order valence-electron chi connectivity index (χ0n) is 12.7. The van der Waals surface area contributed by atoms with Crippen molar-refractivity contribution < 1.29 is 8.78 Å². The Labute approximate surface area is 120 Å². The van der Waals surface area contributed by atoms with Crippen LogP contribution in [0.1, 0.15) is 58.1 Å². The van der Waals surface area contributed by atoms with Gasteiger partial charge in [0.2, 0.25) is 0 Å². The summed E-state index contributed by atoms with van der Waals surface area (Å²) in [6, 6.07) is 4.43. The predicted octanol–water partition coefficient (Wildman–Crippen LogP) is 4.83. The van der Waals surface area contributed by atoms with Crippen molar-refractivity contribution in [2.75, 3.05) is 6.54 Å². The Morgan fingerprint density at radius 2 is 1.90 bits per heavy atom. The molecule has 1 aliphatic rings. The number of hydrogen-bond acceptors (Lipinski definition) is 1. The van der Waals surface area contributed by atoms with E-state index in [1.54, 1.807) is 12.1 Å². The predicted molar refractivity (Wildman–Crippen MR) is 78.5 cm³/mol. The van der Waals surface area contributed by atoms with Gasteiger partial charge in [0.05, 0.1) is 0 Å². The second kappa shape index (κ2) is 6.21. The van der Waals surface area contributed by atoms with Crippen LogP contribution >= 0.6 is 0 Å². The lowest BCUT2D eigenvalue weighted by molar-refractivity contribution is 0.160. The summed E-state index contributed by atoms with van der Waals surface area (Å²) in [5, 5.41) is 3.36. The first-order chi connectivity index (χ1) is 9.44. The van der Waals surface area contributed by atoms with Crippen LogP contribution in [0.5, 0.6) is 0 Å². The van der Waals surface area contributed by atoms with E-state index >= 15 is 0 Å². The average Bonchev–Trinajstić information content (AvgIpc) is 2.40. The van der Waals surface area contributed by atoms with E-state index in [0.29, 0.717) is 16.9 Å². The highest BCUT2D eigenvalue weighted by atomic mass is 19.2. The van der Waals surface area contributed by atoms with Crippen LogP contribution in [0.25, 0.3) is 0 Å². The van der Waals surface area contributed by atoms with Crippen molar-refractivity contribution in [2.45, 2.75) is 52.5 Å². The Morgan fingerprint density at radius 3 is 2.50 bits per heavy atom. The zero-order chi connectivity index (χ0) is 14.8. The quantitative estimate of drug-likeness (QED) is 0.833. The third kappa shape index (κ3) is 3.38. The monoisotopic (exact) mass is 281 g/mol. The first kappa shape index (κ1) is 15.4. The van der Waals surface area contributed by atoms with E-state index in [2.05, 4.69) is 19.2 Å². The van der Waals surface area contributed by atoms with Gasteiger partial charge in [-0.25, -0.2) is 8.78 Å². The molecule has 0 radical (unpaired) electrons. The fraction of sp³-hybridized carbons (Fsp3) is 0.647. The van der Waals surface area contributed by atoms with Gasteiger partial charge in [-0.2, -0.15) is 0 Å². The van der Waals surface area contributed by atoms with Crippen molar-refractivity contribution in [3.8, 4) is 0 Å². The number of rotatable bonds is 4. The molecule has 1 nitrogen and oxygen atoms in total. The van der Waals surface area contributed by atoms with E-state index in [0.717, 1.165) is 32.2 Å². The first-order valence-corrected chi connectivity index (χ1v) is 7.62. The molecule has 0 saturated heterocycles. The highest BCUT2D eigenvalue weighted by molar-refractivity contribution is 5.23. The molecule has 1 aliphatic carbocycles. The third-order valence-corrected chi connectivity index (χ3v) is 4.60. The summed E-state index contributed by atoms with van der Waals surface area (Å²) in [7, 11) is 0. The van der Waals surface area contributed by atoms with Crippen LogP contribution in [0.2, 0.25) is 0 Å². The molecule has 1 unspecified atom stereocenters. The molecular weight excluding hydrogens is 256 g/mol. The highest BCUT2D eigenvalue weighted by Gasteiger charge is 2.33. The Kier molecular flexibility index (Phi) is 4.79. The lowest BCUT2D eigenvalue weighted by Crippen LogP contribution is -2.33. The van der Waals surface area contributed by atoms with Crippen molar-refractivity contribution in [2.24, 2.45) is 11.3 Å². The summed E-state index contributed by atoms with van der Waals surface area (Å²) in [6.45, 7) is 7.35. The van der Waals surface area contributed by atoms with Crippen LogP contribution < -0.4 is 5.32 Å². The van der Waals surface area contributed by atoms with Gasteiger partial charge in [0.25, 0.3) is 0 Å². The fourth-order valence-corrected chi connectivity index (χ4v) is 3.27. The summed E-state index contributed by atoms with van der Waals surface area (Å²) in [6.07, 6.45) is 4.44. The van der Waals surface area contributed by atoms with E-state index in [4.69, 9.17) is 0 Å². The van der Waals surface area contributed by atoms with Crippen molar-refractivity contribution in [1.82, 2.24) is 5.32 Å². The topological polar surface area (TPSA) is 12.0 Å². The zero-order valence-corrected chi connectivity index (χ0v) is 12.7. The third-order valence-electron chi connectivity index (χ3n) is 4.60. The van der Waals surface area contributed by atoms with E-state index < -0.39 is 11.6 Å². The largest absolute Gasteiger partial charge is 0.310 e. The Bertz CT molecular complexity index is 446. The van der Waals surface area contributed by atoms with Crippen molar-refractivity contribution in [3.05, 3.63) is 35.4 Å². The number of benzene rings is 1. The summed E-state index contributed by atoms with van der Waals surface area (Å²) in [5.74, 6) is -1.05. The maximum absolute atomic E-state index is 14.1. The number of halogens is 2. The minimum absolute atomic E-state index is 0.0770.